The first-order valence-corrected chi connectivity index (χ1v) is 23.7. The molecule has 5 amide bonds. The number of imide groups is 2. The van der Waals surface area contributed by atoms with Crippen LogP contribution in [-0.2, 0) is 44.6 Å². The number of piperidine rings is 1. The van der Waals surface area contributed by atoms with Crippen molar-refractivity contribution in [2.45, 2.75) is 48.8 Å². The van der Waals surface area contributed by atoms with Crippen molar-refractivity contribution in [3.05, 3.63) is 107 Å². The summed E-state index contributed by atoms with van der Waals surface area (Å²) in [6.07, 6.45) is 4.83. The van der Waals surface area contributed by atoms with Crippen molar-refractivity contribution in [2.75, 3.05) is 95.6 Å². The van der Waals surface area contributed by atoms with Gasteiger partial charge in [0.2, 0.25) is 17.7 Å². The molecule has 4 aromatic rings. The number of fused-ring (bicyclic) bond motifs is 4. The summed E-state index contributed by atoms with van der Waals surface area (Å²) in [5, 5.41) is 19.0. The maximum Gasteiger partial charge on any atom is 0.263 e. The highest BCUT2D eigenvalue weighted by Crippen LogP contribution is 2.48. The van der Waals surface area contributed by atoms with E-state index in [1.54, 1.807) is 18.2 Å². The first-order chi connectivity index (χ1) is 32.8. The molecule has 4 aliphatic heterocycles. The minimum atomic E-state index is -1.01. The predicted octanol–water partition coefficient (Wildman–Crippen LogP) is 4.31. The van der Waals surface area contributed by atoms with E-state index in [2.05, 4.69) is 56.2 Å². The minimum Gasteiger partial charge on any atom is -0.394 e. The van der Waals surface area contributed by atoms with Crippen molar-refractivity contribution >= 4 is 52.7 Å². The highest BCUT2D eigenvalue weighted by Gasteiger charge is 2.46. The summed E-state index contributed by atoms with van der Waals surface area (Å²) in [6, 6.07) is 22.5. The van der Waals surface area contributed by atoms with Gasteiger partial charge in [-0.05, 0) is 90.2 Å². The van der Waals surface area contributed by atoms with Gasteiger partial charge in [-0.2, -0.15) is 0 Å². The van der Waals surface area contributed by atoms with Crippen LogP contribution in [0.1, 0.15) is 57.1 Å². The first kappa shape index (κ1) is 47.9. The van der Waals surface area contributed by atoms with Gasteiger partial charge in [-0.1, -0.05) is 24.3 Å². The van der Waals surface area contributed by atoms with Gasteiger partial charge in [-0.25, -0.2) is 0 Å². The molecule has 67 heavy (non-hydrogen) atoms. The van der Waals surface area contributed by atoms with E-state index in [1.807, 2.05) is 36.7 Å². The van der Waals surface area contributed by atoms with Crippen LogP contribution in [0, 0.1) is 5.92 Å². The van der Waals surface area contributed by atoms with Crippen molar-refractivity contribution in [1.29, 1.82) is 0 Å². The van der Waals surface area contributed by atoms with Crippen LogP contribution in [0.4, 0.5) is 11.4 Å². The normalized spacial score (nSPS) is 20.0. The fourth-order valence-electron chi connectivity index (χ4n) is 9.07. The van der Waals surface area contributed by atoms with E-state index in [4.69, 9.17) is 23.7 Å². The van der Waals surface area contributed by atoms with Gasteiger partial charge in [0.05, 0.1) is 83.2 Å². The van der Waals surface area contributed by atoms with Crippen LogP contribution in [0.15, 0.2) is 90.1 Å². The van der Waals surface area contributed by atoms with Crippen LogP contribution in [0.25, 0.3) is 11.1 Å². The zero-order valence-electron chi connectivity index (χ0n) is 37.2. The number of likely N-dealkylation sites (tertiary alicyclic amines) is 1. The molecule has 4 aliphatic rings. The van der Waals surface area contributed by atoms with Crippen LogP contribution >= 0.6 is 11.8 Å². The van der Waals surface area contributed by atoms with Gasteiger partial charge in [0, 0.05) is 59.3 Å². The molecule has 5 heterocycles. The molecule has 0 radical (unpaired) electrons. The molecule has 1 unspecified atom stereocenters. The summed E-state index contributed by atoms with van der Waals surface area (Å²) in [5.74, 6) is -1.55. The Morgan fingerprint density at radius 1 is 0.791 bits per heavy atom. The third kappa shape index (κ3) is 11.9. The number of aromatic nitrogens is 1. The van der Waals surface area contributed by atoms with E-state index in [1.165, 1.54) is 22.9 Å². The molecule has 0 saturated carbocycles. The molecule has 18 heteroatoms. The number of pyridine rings is 1. The molecule has 2 saturated heterocycles. The van der Waals surface area contributed by atoms with E-state index in [0.717, 1.165) is 41.2 Å². The second-order valence-electron chi connectivity index (χ2n) is 16.6. The lowest BCUT2D eigenvalue weighted by Gasteiger charge is -2.39. The number of benzene rings is 3. The summed E-state index contributed by atoms with van der Waals surface area (Å²) >= 11 is 1.39. The minimum absolute atomic E-state index is 0.00360. The quantitative estimate of drug-likeness (QED) is 0.0439. The van der Waals surface area contributed by atoms with Gasteiger partial charge in [-0.15, -0.1) is 11.8 Å². The number of carbonyl (C=O) groups is 5. The third-order valence-electron chi connectivity index (χ3n) is 12.2. The average Bonchev–Trinajstić information content (AvgIpc) is 3.87. The maximum absolute atomic E-state index is 13.3. The number of nitrogens with one attached hydrogen (secondary N) is 3. The average molecular weight is 937 g/mol. The zero-order chi connectivity index (χ0) is 46.5. The Kier molecular flexibility index (Phi) is 16.8. The van der Waals surface area contributed by atoms with Crippen molar-refractivity contribution < 1.29 is 52.8 Å². The Morgan fingerprint density at radius 2 is 1.49 bits per heavy atom. The summed E-state index contributed by atoms with van der Waals surface area (Å²) < 4.78 is 27.9. The van der Waals surface area contributed by atoms with Gasteiger partial charge < -0.3 is 39.4 Å². The number of rotatable bonds is 24. The molecule has 0 bridgehead atoms. The summed E-state index contributed by atoms with van der Waals surface area (Å²) in [5.41, 5.74) is 6.70. The number of amides is 5. The summed E-state index contributed by atoms with van der Waals surface area (Å²) in [6.45, 7) is 4.97. The van der Waals surface area contributed by atoms with Crippen molar-refractivity contribution in [1.82, 2.24) is 20.1 Å². The summed E-state index contributed by atoms with van der Waals surface area (Å²) in [4.78, 5) is 71.3. The fourth-order valence-corrected chi connectivity index (χ4v) is 10.0. The molecule has 0 spiro atoms. The topological polar surface area (TPSA) is 207 Å². The van der Waals surface area contributed by atoms with Crippen LogP contribution in [0.5, 0.6) is 0 Å². The Labute approximate surface area is 393 Å². The number of ether oxygens (including phenoxy) is 5. The van der Waals surface area contributed by atoms with Crippen LogP contribution in [0.3, 0.4) is 0 Å². The molecule has 1 aromatic heterocycles. The summed E-state index contributed by atoms with van der Waals surface area (Å²) in [7, 11) is 0. The van der Waals surface area contributed by atoms with Gasteiger partial charge in [0.15, 0.2) is 0 Å². The van der Waals surface area contributed by atoms with E-state index in [9.17, 15) is 29.1 Å². The van der Waals surface area contributed by atoms with Crippen LogP contribution in [0.2, 0.25) is 0 Å². The Morgan fingerprint density at radius 3 is 2.22 bits per heavy atom. The fraction of sp³-hybridized carbons (Fsp3) is 0.429. The van der Waals surface area contributed by atoms with Crippen LogP contribution < -0.4 is 16.0 Å². The van der Waals surface area contributed by atoms with Gasteiger partial charge in [0.1, 0.15) is 12.6 Å². The highest BCUT2D eigenvalue weighted by atomic mass is 32.2. The molecule has 8 rings (SSSR count). The molecule has 3 aromatic carbocycles. The number of aliphatic hydroxyl groups is 1. The maximum atomic E-state index is 13.3. The Hall–Kier alpha value is -5.57. The monoisotopic (exact) mass is 936 g/mol. The molecule has 4 N–H and O–H groups in total. The largest absolute Gasteiger partial charge is 0.394 e. The number of anilines is 2. The van der Waals surface area contributed by atoms with E-state index < -0.39 is 29.7 Å². The van der Waals surface area contributed by atoms with Gasteiger partial charge in [0.25, 0.3) is 11.8 Å². The molecule has 17 nitrogen and oxygen atoms in total. The zero-order valence-corrected chi connectivity index (χ0v) is 38.0. The smallest absolute Gasteiger partial charge is 0.263 e. The first-order valence-electron chi connectivity index (χ1n) is 22.7. The van der Waals surface area contributed by atoms with Gasteiger partial charge in [-0.3, -0.25) is 44.1 Å². The number of hydrogen-bond donors (Lipinski definition) is 4. The predicted molar refractivity (Wildman–Crippen MR) is 248 cm³/mol. The van der Waals surface area contributed by atoms with E-state index in [0.29, 0.717) is 69.2 Å². The van der Waals surface area contributed by atoms with E-state index >= 15 is 0 Å². The number of aliphatic hydroxyl groups excluding tert-OH is 1. The number of thioether (sulfide) groups is 1. The van der Waals surface area contributed by atoms with Crippen molar-refractivity contribution in [3.63, 3.8) is 0 Å². The SMILES string of the molecule is O=C1CCC(N2C(=O)c3cccc(SCCOCCOCCOCCOCCOCC(=O)Nc4cccc(-c5ccc6c(c5)[C@H]5[C@H](CCN5Cc5ccncc5)[C@@H](CO)N6)c4)c3C2=O)C(=O)N1. The lowest BCUT2D eigenvalue weighted by molar-refractivity contribution is -0.136. The molecule has 354 valence electrons. The number of carbonyl (C=O) groups excluding carboxylic acids is 5. The number of hydrogen-bond acceptors (Lipinski definition) is 15. The molecule has 4 atom stereocenters. The highest BCUT2D eigenvalue weighted by molar-refractivity contribution is 7.99. The Bertz CT molecular complexity index is 2390. The third-order valence-corrected chi connectivity index (χ3v) is 13.2. The van der Waals surface area contributed by atoms with E-state index in [-0.39, 0.29) is 67.7 Å². The lowest BCUT2D eigenvalue weighted by atomic mass is 9.82. The van der Waals surface area contributed by atoms with Crippen molar-refractivity contribution in [2.24, 2.45) is 5.92 Å². The standard InChI is InChI=1S/C49H56N6O11S/c56-30-40-36-13-16-54(29-32-11-14-50-15-12-32)46(36)38-28-34(7-8-39(38)52-40)33-3-1-4-35(27-33)51-44(58)31-66-24-23-64-20-19-62-17-18-63-21-22-65-25-26-67-42-6-2-5-37-45(42)49(61)55(48(37)60)41-9-10-43(57)53-47(41)59/h1-8,11-12,14-15,27-28,36,40-41,46,52,56H,9-10,13,16-26,29-31H2,(H,51,58)(H,53,57,59)/t36-,40-,41?,46-/m1/s1. The van der Waals surface area contributed by atoms with Gasteiger partial charge >= 0.3 is 0 Å². The molecular formula is C49H56N6O11S. The lowest BCUT2D eigenvalue weighted by Crippen LogP contribution is -2.54. The second-order valence-corrected chi connectivity index (χ2v) is 17.7. The van der Waals surface area contributed by atoms with Crippen molar-refractivity contribution in [3.8, 4) is 11.1 Å². The number of nitrogens with zero attached hydrogens (tertiary/aromatic N) is 3. The Balaban J connectivity index is 0.656. The molecular weight excluding hydrogens is 881 g/mol. The molecule has 0 aliphatic carbocycles. The second kappa shape index (κ2) is 23.4. The van der Waals surface area contributed by atoms with Crippen LogP contribution in [-0.4, -0.2) is 146 Å². The molecule has 2 fully saturated rings.